The maximum atomic E-state index is 13.1. The minimum Gasteiger partial charge on any atom is -0.480 e. The van der Waals surface area contributed by atoms with Gasteiger partial charge in [-0.2, -0.15) is 0 Å². The van der Waals surface area contributed by atoms with Gasteiger partial charge in [0.1, 0.15) is 12.1 Å². The van der Waals surface area contributed by atoms with Crippen LogP contribution in [0.3, 0.4) is 0 Å². The highest BCUT2D eigenvalue weighted by molar-refractivity contribution is 5.92. The number of nitrogens with zero attached hydrogens (tertiary/aromatic N) is 2. The zero-order chi connectivity index (χ0) is 20.2. The first kappa shape index (κ1) is 22.4. The molecule has 0 aromatic carbocycles. The van der Waals surface area contributed by atoms with Crippen molar-refractivity contribution in [2.75, 3.05) is 20.6 Å². The van der Waals surface area contributed by atoms with Crippen LogP contribution in [-0.4, -0.2) is 71.5 Å². The fourth-order valence-electron chi connectivity index (χ4n) is 3.53. The van der Waals surface area contributed by atoms with Crippen molar-refractivity contribution in [3.05, 3.63) is 0 Å². The predicted octanol–water partition coefficient (Wildman–Crippen LogP) is 1.57. The second kappa shape index (κ2) is 8.84. The second-order valence-corrected chi connectivity index (χ2v) is 8.78. The van der Waals surface area contributed by atoms with Crippen molar-refractivity contribution >= 4 is 17.8 Å². The van der Waals surface area contributed by atoms with Crippen molar-refractivity contribution in [1.29, 1.82) is 0 Å². The number of carbonyl (C=O) groups is 3. The lowest BCUT2D eigenvalue weighted by atomic mass is 9.84. The molecule has 2 amide bonds. The van der Waals surface area contributed by atoms with Crippen LogP contribution >= 0.6 is 0 Å². The van der Waals surface area contributed by atoms with Crippen LogP contribution in [0, 0.1) is 11.3 Å². The minimum atomic E-state index is -1.04. The van der Waals surface area contributed by atoms with E-state index in [0.29, 0.717) is 0 Å². The van der Waals surface area contributed by atoms with Crippen LogP contribution in [0.15, 0.2) is 0 Å². The summed E-state index contributed by atoms with van der Waals surface area (Å²) in [5.74, 6) is -1.81. The molecule has 0 saturated carbocycles. The first-order chi connectivity index (χ1) is 11.9. The number of carboxylic acids is 1. The highest BCUT2D eigenvalue weighted by Gasteiger charge is 2.40. The van der Waals surface area contributed by atoms with Crippen molar-refractivity contribution in [1.82, 2.24) is 15.1 Å². The van der Waals surface area contributed by atoms with Crippen molar-refractivity contribution < 1.29 is 19.5 Å². The van der Waals surface area contributed by atoms with E-state index in [1.807, 2.05) is 32.7 Å². The number of carboxylic acid groups (broad SMARTS) is 1. The normalized spacial score (nSPS) is 21.2. The van der Waals surface area contributed by atoms with Crippen LogP contribution < -0.4 is 5.32 Å². The first-order valence-corrected chi connectivity index (χ1v) is 9.38. The molecule has 150 valence electrons. The molecule has 0 aliphatic carbocycles. The molecule has 7 nitrogen and oxygen atoms in total. The Labute approximate surface area is 157 Å². The third-order valence-electron chi connectivity index (χ3n) is 5.12. The maximum Gasteiger partial charge on any atom is 0.326 e. The number of piperidine rings is 1. The topological polar surface area (TPSA) is 90.0 Å². The number of hydrogen-bond acceptors (Lipinski definition) is 4. The third-order valence-corrected chi connectivity index (χ3v) is 5.12. The monoisotopic (exact) mass is 369 g/mol. The lowest BCUT2D eigenvalue weighted by Crippen LogP contribution is -2.60. The average molecular weight is 370 g/mol. The average Bonchev–Trinajstić information content (AvgIpc) is 2.50. The smallest absolute Gasteiger partial charge is 0.326 e. The van der Waals surface area contributed by atoms with Gasteiger partial charge in [-0.1, -0.05) is 41.0 Å². The SMILES string of the molecule is CC(C)[C@@H](C(=O)O)N(C)C(=O)[C@@H](NC(=O)C1CCCCN1C)C(C)(C)C. The Bertz CT molecular complexity index is 527. The number of carbonyl (C=O) groups excluding carboxylic acids is 2. The van der Waals surface area contributed by atoms with Crippen LogP contribution in [-0.2, 0) is 14.4 Å². The molecule has 1 saturated heterocycles. The molecule has 1 aliphatic heterocycles. The third kappa shape index (κ3) is 5.43. The van der Waals surface area contributed by atoms with E-state index in [0.717, 1.165) is 25.8 Å². The second-order valence-electron chi connectivity index (χ2n) is 8.78. The van der Waals surface area contributed by atoms with E-state index in [-0.39, 0.29) is 23.8 Å². The Balaban J connectivity index is 3.00. The van der Waals surface area contributed by atoms with Gasteiger partial charge in [-0.3, -0.25) is 14.5 Å². The number of likely N-dealkylation sites (N-methyl/N-ethyl adjacent to an activating group) is 2. The van der Waals surface area contributed by atoms with Crippen molar-refractivity contribution in [2.24, 2.45) is 11.3 Å². The highest BCUT2D eigenvalue weighted by Crippen LogP contribution is 2.24. The van der Waals surface area contributed by atoms with E-state index in [1.54, 1.807) is 13.8 Å². The molecule has 1 unspecified atom stereocenters. The number of likely N-dealkylation sites (tertiary alicyclic amines) is 1. The Hall–Kier alpha value is -1.63. The van der Waals surface area contributed by atoms with Gasteiger partial charge >= 0.3 is 5.97 Å². The number of nitrogens with one attached hydrogen (secondary N) is 1. The van der Waals surface area contributed by atoms with Gasteiger partial charge < -0.3 is 15.3 Å². The van der Waals surface area contributed by atoms with Crippen LogP contribution in [0.25, 0.3) is 0 Å². The van der Waals surface area contributed by atoms with Crippen molar-refractivity contribution in [3.8, 4) is 0 Å². The molecular formula is C19H35N3O4. The molecule has 2 N–H and O–H groups in total. The Kier molecular flexibility index (Phi) is 7.62. The fourth-order valence-corrected chi connectivity index (χ4v) is 3.53. The first-order valence-electron chi connectivity index (χ1n) is 9.38. The summed E-state index contributed by atoms with van der Waals surface area (Å²) in [5, 5.41) is 12.4. The minimum absolute atomic E-state index is 0.162. The molecule has 1 fully saturated rings. The summed E-state index contributed by atoms with van der Waals surface area (Å²) >= 11 is 0. The lowest BCUT2D eigenvalue weighted by Gasteiger charge is -2.38. The zero-order valence-corrected chi connectivity index (χ0v) is 17.2. The van der Waals surface area contributed by atoms with E-state index in [4.69, 9.17) is 0 Å². The predicted molar refractivity (Wildman–Crippen MR) is 101 cm³/mol. The van der Waals surface area contributed by atoms with Gasteiger partial charge in [-0.05, 0) is 37.8 Å². The quantitative estimate of drug-likeness (QED) is 0.742. The molecule has 1 heterocycles. The van der Waals surface area contributed by atoms with Crippen LogP contribution in [0.4, 0.5) is 0 Å². The Morgan fingerprint density at radius 3 is 2.19 bits per heavy atom. The summed E-state index contributed by atoms with van der Waals surface area (Å²) in [6.07, 6.45) is 2.83. The number of rotatable bonds is 6. The molecule has 0 radical (unpaired) electrons. The number of amides is 2. The molecule has 26 heavy (non-hydrogen) atoms. The summed E-state index contributed by atoms with van der Waals surface area (Å²) in [7, 11) is 3.42. The van der Waals surface area contributed by atoms with Gasteiger partial charge in [0, 0.05) is 7.05 Å². The summed E-state index contributed by atoms with van der Waals surface area (Å²) in [4.78, 5) is 40.7. The van der Waals surface area contributed by atoms with Crippen molar-refractivity contribution in [2.45, 2.75) is 72.0 Å². The molecule has 1 rings (SSSR count). The van der Waals surface area contributed by atoms with E-state index in [9.17, 15) is 19.5 Å². The molecule has 7 heteroatoms. The highest BCUT2D eigenvalue weighted by atomic mass is 16.4. The summed E-state index contributed by atoms with van der Waals surface area (Å²) in [6, 6.07) is -1.95. The molecular weight excluding hydrogens is 334 g/mol. The molecule has 3 atom stereocenters. The van der Waals surface area contributed by atoms with Gasteiger partial charge in [-0.15, -0.1) is 0 Å². The standard InChI is InChI=1S/C19H35N3O4/c1-12(2)14(18(25)26)22(7)17(24)15(19(3,4)5)20-16(23)13-10-8-9-11-21(13)6/h12-15H,8-11H2,1-7H3,(H,20,23)(H,25,26)/t13?,14-,15+/m0/s1. The summed E-state index contributed by atoms with van der Waals surface area (Å²) < 4.78 is 0. The van der Waals surface area contributed by atoms with Crippen LogP contribution in [0.1, 0.15) is 53.9 Å². The van der Waals surface area contributed by atoms with Gasteiger partial charge in [-0.25, -0.2) is 4.79 Å². The summed E-state index contributed by atoms with van der Waals surface area (Å²) in [6.45, 7) is 10.0. The Morgan fingerprint density at radius 2 is 1.77 bits per heavy atom. The van der Waals surface area contributed by atoms with Gasteiger partial charge in [0.15, 0.2) is 0 Å². The zero-order valence-electron chi connectivity index (χ0n) is 17.2. The van der Waals surface area contributed by atoms with E-state index in [2.05, 4.69) is 5.32 Å². The molecule has 0 bridgehead atoms. The number of aliphatic carboxylic acids is 1. The van der Waals surface area contributed by atoms with Crippen LogP contribution in [0.5, 0.6) is 0 Å². The van der Waals surface area contributed by atoms with Gasteiger partial charge in [0.05, 0.1) is 6.04 Å². The molecule has 0 aromatic rings. The van der Waals surface area contributed by atoms with Gasteiger partial charge in [0.2, 0.25) is 11.8 Å². The lowest BCUT2D eigenvalue weighted by molar-refractivity contribution is -0.153. The van der Waals surface area contributed by atoms with Gasteiger partial charge in [0.25, 0.3) is 0 Å². The fraction of sp³-hybridized carbons (Fsp3) is 0.842. The largest absolute Gasteiger partial charge is 0.480 e. The van der Waals surface area contributed by atoms with E-state index < -0.39 is 23.5 Å². The summed E-state index contributed by atoms with van der Waals surface area (Å²) in [5.41, 5.74) is -0.533. The van der Waals surface area contributed by atoms with Crippen LogP contribution in [0.2, 0.25) is 0 Å². The van der Waals surface area contributed by atoms with Crippen molar-refractivity contribution in [3.63, 3.8) is 0 Å². The number of hydrogen-bond donors (Lipinski definition) is 2. The van der Waals surface area contributed by atoms with E-state index in [1.165, 1.54) is 11.9 Å². The van der Waals surface area contributed by atoms with E-state index >= 15 is 0 Å². The molecule has 0 aromatic heterocycles. The maximum absolute atomic E-state index is 13.1. The molecule has 1 aliphatic rings. The molecule has 0 spiro atoms. The Morgan fingerprint density at radius 1 is 1.19 bits per heavy atom.